The van der Waals surface area contributed by atoms with Crippen molar-refractivity contribution < 1.29 is 56.5 Å². The van der Waals surface area contributed by atoms with Crippen LogP contribution in [0.4, 0.5) is 13.2 Å². The second kappa shape index (κ2) is 14.5. The van der Waals surface area contributed by atoms with Crippen molar-refractivity contribution in [1.29, 1.82) is 0 Å². The van der Waals surface area contributed by atoms with Gasteiger partial charge in [-0.2, -0.15) is 13.2 Å². The predicted molar refractivity (Wildman–Crippen MR) is 123 cm³/mol. The molecule has 1 rings (SSSR count). The Balaban J connectivity index is 2.77. The number of esters is 2. The van der Waals surface area contributed by atoms with Crippen LogP contribution in [0, 0.1) is 0 Å². The van der Waals surface area contributed by atoms with Gasteiger partial charge < -0.3 is 30.5 Å². The van der Waals surface area contributed by atoms with Crippen LogP contribution in [-0.2, 0) is 35.2 Å². The molecule has 15 heteroatoms. The molecule has 0 saturated heterocycles. The number of hydrogen-bond donors (Lipinski definition) is 4. The van der Waals surface area contributed by atoms with Crippen LogP contribution in [0.25, 0.3) is 0 Å². The van der Waals surface area contributed by atoms with E-state index in [1.807, 2.05) is 0 Å². The first-order valence-electron chi connectivity index (χ1n) is 11.2. The smallest absolute Gasteiger partial charge is 0.471 e. The summed E-state index contributed by atoms with van der Waals surface area (Å²) in [4.78, 5) is 69.0. The number of nitrogens with one attached hydrogen (secondary N) is 3. The van der Waals surface area contributed by atoms with Crippen molar-refractivity contribution in [3.05, 3.63) is 23.8 Å². The molecule has 12 nitrogen and oxygen atoms in total. The predicted octanol–water partition coefficient (Wildman–Crippen LogP) is 1.00. The van der Waals surface area contributed by atoms with Gasteiger partial charge in [0.25, 0.3) is 0 Å². The van der Waals surface area contributed by atoms with Gasteiger partial charge in [0.1, 0.15) is 12.1 Å². The molecule has 1 aromatic carbocycles. The molecule has 1 aromatic rings. The summed E-state index contributed by atoms with van der Waals surface area (Å²) in [6.07, 6.45) is -5.36. The number of benzene rings is 1. The number of aliphatic carboxylic acids is 1. The summed E-state index contributed by atoms with van der Waals surface area (Å²) in [5.41, 5.74) is 0.441. The zero-order valence-electron chi connectivity index (χ0n) is 20.8. The molecule has 38 heavy (non-hydrogen) atoms. The molecular formula is C23H28F3N3O9. The van der Waals surface area contributed by atoms with Crippen LogP contribution in [0.3, 0.4) is 0 Å². The molecule has 0 saturated carbocycles. The number of carboxylic acid groups (broad SMARTS) is 1. The second-order valence-electron chi connectivity index (χ2n) is 8.07. The number of unbranched alkanes of at least 4 members (excludes halogenated alkanes) is 1. The Morgan fingerprint density at radius 3 is 2.03 bits per heavy atom. The van der Waals surface area contributed by atoms with E-state index in [1.165, 1.54) is 30.4 Å². The Morgan fingerprint density at radius 1 is 0.895 bits per heavy atom. The molecule has 2 atom stereocenters. The monoisotopic (exact) mass is 547 g/mol. The third kappa shape index (κ3) is 11.7. The average Bonchev–Trinajstić information content (AvgIpc) is 2.77. The van der Waals surface area contributed by atoms with E-state index in [0.29, 0.717) is 5.56 Å². The van der Waals surface area contributed by atoms with E-state index >= 15 is 0 Å². The number of ether oxygens (including phenoxy) is 2. The first-order chi connectivity index (χ1) is 17.6. The van der Waals surface area contributed by atoms with E-state index < -0.39 is 53.9 Å². The highest BCUT2D eigenvalue weighted by molar-refractivity contribution is 5.87. The van der Waals surface area contributed by atoms with Crippen molar-refractivity contribution in [2.45, 2.75) is 64.7 Å². The molecule has 0 aromatic heterocycles. The summed E-state index contributed by atoms with van der Waals surface area (Å²) in [6.45, 7) is 3.48. The lowest BCUT2D eigenvalue weighted by Crippen LogP contribution is -2.48. The van der Waals surface area contributed by atoms with Crippen LogP contribution in [0.5, 0.6) is 11.5 Å². The van der Waals surface area contributed by atoms with Gasteiger partial charge in [0, 0.05) is 33.7 Å². The Kier molecular flexibility index (Phi) is 12.2. The lowest BCUT2D eigenvalue weighted by molar-refractivity contribution is -0.175. The maximum Gasteiger partial charge on any atom is 0.471 e. The summed E-state index contributed by atoms with van der Waals surface area (Å²) in [7, 11) is 0. The molecule has 0 bridgehead atoms. The van der Waals surface area contributed by atoms with Gasteiger partial charge in [-0.25, -0.2) is 4.79 Å². The molecule has 0 heterocycles. The van der Waals surface area contributed by atoms with Gasteiger partial charge in [-0.05, 0) is 37.0 Å². The number of hydrogen-bond acceptors (Lipinski definition) is 8. The summed E-state index contributed by atoms with van der Waals surface area (Å²) in [5, 5.41) is 15.4. The third-order valence-corrected chi connectivity index (χ3v) is 4.73. The van der Waals surface area contributed by atoms with E-state index in [-0.39, 0.29) is 43.7 Å². The standard InChI is InChI=1S/C23H28F3N3O9/c1-12(30)28-17(10-15-7-8-18(37-13(2)31)19(11-15)38-14(3)32)20(33)27-9-5-4-6-16(21(34)35)29-22(36)23(24,25)26/h7-8,11,16-17H,4-6,9-10H2,1-3H3,(H,27,33)(H,28,30)(H,29,36)(H,34,35)/t16-,17+/m0/s1. The fraction of sp³-hybridized carbons (Fsp3) is 0.478. The number of carbonyl (C=O) groups is 6. The minimum atomic E-state index is -5.22. The van der Waals surface area contributed by atoms with E-state index in [9.17, 15) is 41.9 Å². The second-order valence-corrected chi connectivity index (χ2v) is 8.07. The number of rotatable bonds is 13. The summed E-state index contributed by atoms with van der Waals surface area (Å²) in [6, 6.07) is 1.38. The van der Waals surface area contributed by atoms with Crippen molar-refractivity contribution >= 4 is 35.6 Å². The first-order valence-corrected chi connectivity index (χ1v) is 11.2. The highest BCUT2D eigenvalue weighted by Crippen LogP contribution is 2.29. The molecule has 0 unspecified atom stereocenters. The molecule has 210 valence electrons. The molecule has 0 radical (unpaired) electrons. The van der Waals surface area contributed by atoms with Crippen molar-refractivity contribution in [2.75, 3.05) is 6.54 Å². The van der Waals surface area contributed by atoms with Gasteiger partial charge in [-0.3, -0.25) is 24.0 Å². The molecule has 0 aliphatic rings. The maximum absolute atomic E-state index is 12.7. The Bertz CT molecular complexity index is 1060. The van der Waals surface area contributed by atoms with Crippen molar-refractivity contribution in [2.24, 2.45) is 0 Å². The van der Waals surface area contributed by atoms with Crippen molar-refractivity contribution in [1.82, 2.24) is 16.0 Å². The zero-order chi connectivity index (χ0) is 29.0. The highest BCUT2D eigenvalue weighted by Gasteiger charge is 2.40. The fourth-order valence-corrected chi connectivity index (χ4v) is 3.15. The normalized spacial score (nSPS) is 12.5. The van der Waals surface area contributed by atoms with E-state index in [4.69, 9.17) is 14.6 Å². The van der Waals surface area contributed by atoms with Crippen molar-refractivity contribution in [3.8, 4) is 11.5 Å². The SMILES string of the molecule is CC(=O)N[C@H](Cc1ccc(OC(C)=O)c(OC(C)=O)c1)C(=O)NCCCC[C@H](NC(=O)C(F)(F)F)C(=O)O. The Morgan fingerprint density at radius 2 is 1.50 bits per heavy atom. The largest absolute Gasteiger partial charge is 0.480 e. The van der Waals surface area contributed by atoms with Crippen LogP contribution in [0.15, 0.2) is 18.2 Å². The Labute approximate surface area is 215 Å². The van der Waals surface area contributed by atoms with Crippen LogP contribution < -0.4 is 25.4 Å². The zero-order valence-corrected chi connectivity index (χ0v) is 20.8. The molecule has 0 spiro atoms. The van der Waals surface area contributed by atoms with Gasteiger partial charge in [0.2, 0.25) is 11.8 Å². The average molecular weight is 547 g/mol. The topological polar surface area (TPSA) is 177 Å². The van der Waals surface area contributed by atoms with Crippen LogP contribution >= 0.6 is 0 Å². The molecule has 3 amide bonds. The highest BCUT2D eigenvalue weighted by atomic mass is 19.4. The summed E-state index contributed by atoms with van der Waals surface area (Å²) >= 11 is 0. The van der Waals surface area contributed by atoms with Gasteiger partial charge in [0.15, 0.2) is 11.5 Å². The number of halogens is 3. The fourth-order valence-electron chi connectivity index (χ4n) is 3.15. The maximum atomic E-state index is 12.7. The molecular weight excluding hydrogens is 519 g/mol. The van der Waals surface area contributed by atoms with Gasteiger partial charge in [-0.15, -0.1) is 0 Å². The van der Waals surface area contributed by atoms with Crippen LogP contribution in [0.2, 0.25) is 0 Å². The van der Waals surface area contributed by atoms with E-state index in [2.05, 4.69) is 10.6 Å². The van der Waals surface area contributed by atoms with Gasteiger partial charge >= 0.3 is 30.0 Å². The number of amides is 3. The van der Waals surface area contributed by atoms with Crippen molar-refractivity contribution in [3.63, 3.8) is 0 Å². The Hall–Kier alpha value is -4.17. The first kappa shape index (κ1) is 31.9. The van der Waals surface area contributed by atoms with E-state index in [1.54, 1.807) is 0 Å². The van der Waals surface area contributed by atoms with Crippen LogP contribution in [-0.4, -0.2) is 65.5 Å². The van der Waals surface area contributed by atoms with Gasteiger partial charge in [0.05, 0.1) is 0 Å². The summed E-state index contributed by atoms with van der Waals surface area (Å²) < 4.78 is 47.1. The van der Waals surface area contributed by atoms with E-state index in [0.717, 1.165) is 13.8 Å². The van der Waals surface area contributed by atoms with Crippen LogP contribution in [0.1, 0.15) is 45.6 Å². The molecule has 0 fully saturated rings. The third-order valence-electron chi connectivity index (χ3n) is 4.73. The minimum Gasteiger partial charge on any atom is -0.480 e. The molecule has 0 aliphatic carbocycles. The number of alkyl halides is 3. The molecule has 0 aliphatic heterocycles. The van der Waals surface area contributed by atoms with Gasteiger partial charge in [-0.1, -0.05) is 6.07 Å². The number of carboxylic acids is 1. The summed E-state index contributed by atoms with van der Waals surface area (Å²) in [5.74, 6) is -6.57. The quantitative estimate of drug-likeness (QED) is 0.159. The minimum absolute atomic E-state index is 0.00143. The lowest BCUT2D eigenvalue weighted by Gasteiger charge is -2.19. The number of carbonyl (C=O) groups excluding carboxylic acids is 5. The molecule has 4 N–H and O–H groups in total. The lowest BCUT2D eigenvalue weighted by atomic mass is 10.0.